The molecule has 1 amide bonds. The van der Waals surface area contributed by atoms with Crippen LogP contribution in [0, 0.1) is 21.4 Å². The molecule has 0 fully saturated rings. The lowest BCUT2D eigenvalue weighted by atomic mass is 10.1. The summed E-state index contributed by atoms with van der Waals surface area (Å²) in [4.78, 5) is 22.8. The minimum absolute atomic E-state index is 0.105. The first-order chi connectivity index (χ1) is 14.3. The largest absolute Gasteiger partial charge is 0.457 e. The SMILES string of the molecule is N#C/C(=C/c1ccc(-c2cc([N+](=O)[O-])c(Cl)cc2Cl)o1)C(=O)Nc1ccc(Cl)cc1. The van der Waals surface area contributed by atoms with Crippen molar-refractivity contribution < 1.29 is 14.1 Å². The van der Waals surface area contributed by atoms with Crippen LogP contribution in [0.1, 0.15) is 5.76 Å². The zero-order valence-corrected chi connectivity index (χ0v) is 17.1. The summed E-state index contributed by atoms with van der Waals surface area (Å²) in [7, 11) is 0. The van der Waals surface area contributed by atoms with Crippen molar-refractivity contribution in [1.82, 2.24) is 0 Å². The first kappa shape index (κ1) is 21.4. The molecule has 0 unspecified atom stereocenters. The molecule has 1 N–H and O–H groups in total. The second kappa shape index (κ2) is 9.01. The highest BCUT2D eigenvalue weighted by molar-refractivity contribution is 6.37. The number of carbonyl (C=O) groups is 1. The number of benzene rings is 2. The molecule has 7 nitrogen and oxygen atoms in total. The molecule has 0 saturated heterocycles. The van der Waals surface area contributed by atoms with E-state index in [0.717, 1.165) is 0 Å². The van der Waals surface area contributed by atoms with Gasteiger partial charge < -0.3 is 9.73 Å². The van der Waals surface area contributed by atoms with Crippen LogP contribution in [-0.4, -0.2) is 10.8 Å². The maximum atomic E-state index is 12.3. The average Bonchev–Trinajstić information content (AvgIpc) is 3.16. The van der Waals surface area contributed by atoms with E-state index in [2.05, 4.69) is 5.32 Å². The van der Waals surface area contributed by atoms with Crippen LogP contribution in [0.4, 0.5) is 11.4 Å². The summed E-state index contributed by atoms with van der Waals surface area (Å²) < 4.78 is 5.60. The van der Waals surface area contributed by atoms with Crippen molar-refractivity contribution in [3.05, 3.63) is 85.0 Å². The van der Waals surface area contributed by atoms with Gasteiger partial charge in [-0.25, -0.2) is 0 Å². The van der Waals surface area contributed by atoms with E-state index in [1.807, 2.05) is 0 Å². The van der Waals surface area contributed by atoms with E-state index in [0.29, 0.717) is 10.7 Å². The summed E-state index contributed by atoms with van der Waals surface area (Å²) in [5.41, 5.74) is 0.172. The molecule has 150 valence electrons. The maximum absolute atomic E-state index is 12.3. The summed E-state index contributed by atoms with van der Waals surface area (Å²) in [5, 5.41) is 23.5. The minimum Gasteiger partial charge on any atom is -0.457 e. The van der Waals surface area contributed by atoms with Crippen LogP contribution in [0.2, 0.25) is 15.1 Å². The number of nitriles is 1. The van der Waals surface area contributed by atoms with Gasteiger partial charge in [-0.3, -0.25) is 14.9 Å². The number of carbonyl (C=O) groups excluding carboxylic acids is 1. The van der Waals surface area contributed by atoms with Gasteiger partial charge in [-0.1, -0.05) is 34.8 Å². The molecule has 0 bridgehead atoms. The second-order valence-corrected chi connectivity index (χ2v) is 7.12. The molecule has 0 saturated carbocycles. The number of hydrogen-bond donors (Lipinski definition) is 1. The first-order valence-corrected chi connectivity index (χ1v) is 9.34. The Balaban J connectivity index is 1.87. The lowest BCUT2D eigenvalue weighted by Crippen LogP contribution is -2.13. The van der Waals surface area contributed by atoms with Crippen molar-refractivity contribution >= 4 is 58.2 Å². The standard InChI is InChI=1S/C20H10Cl3N3O4/c21-12-1-3-13(4-2-12)25-20(27)11(10-24)7-14-5-6-19(30-14)15-8-18(26(28)29)17(23)9-16(15)22/h1-9H,(H,25,27)/b11-7-. The van der Waals surface area contributed by atoms with Gasteiger partial charge in [0.2, 0.25) is 0 Å². The summed E-state index contributed by atoms with van der Waals surface area (Å²) in [5.74, 6) is -0.249. The number of rotatable bonds is 5. The predicted octanol–water partition coefficient (Wildman–Crippen LogP) is 6.36. The molecule has 3 rings (SSSR count). The molecular formula is C20H10Cl3N3O4. The van der Waals surface area contributed by atoms with E-state index in [1.54, 1.807) is 30.3 Å². The van der Waals surface area contributed by atoms with E-state index < -0.39 is 10.8 Å². The third-order valence-electron chi connectivity index (χ3n) is 3.88. The number of halogens is 3. The van der Waals surface area contributed by atoms with Crippen molar-refractivity contribution in [3.8, 4) is 17.4 Å². The Morgan fingerprint density at radius 3 is 2.43 bits per heavy atom. The molecule has 30 heavy (non-hydrogen) atoms. The third kappa shape index (κ3) is 4.81. The van der Waals surface area contributed by atoms with Crippen LogP contribution in [0.15, 0.2) is 58.5 Å². The Labute approximate surface area is 185 Å². The molecule has 0 spiro atoms. The Kier molecular flexibility index (Phi) is 6.43. The second-order valence-electron chi connectivity index (χ2n) is 5.87. The van der Waals surface area contributed by atoms with E-state index in [1.165, 1.54) is 30.3 Å². The average molecular weight is 463 g/mol. The molecule has 3 aromatic rings. The van der Waals surface area contributed by atoms with Gasteiger partial charge in [0.1, 0.15) is 28.2 Å². The van der Waals surface area contributed by atoms with Gasteiger partial charge in [0.25, 0.3) is 11.6 Å². The summed E-state index contributed by atoms with van der Waals surface area (Å²) in [6, 6.07) is 13.6. The Hall–Kier alpha value is -3.31. The quantitative estimate of drug-likeness (QED) is 0.205. The maximum Gasteiger partial charge on any atom is 0.288 e. The normalized spacial score (nSPS) is 11.1. The van der Waals surface area contributed by atoms with Crippen LogP contribution in [0.5, 0.6) is 0 Å². The van der Waals surface area contributed by atoms with E-state index >= 15 is 0 Å². The minimum atomic E-state index is -0.641. The first-order valence-electron chi connectivity index (χ1n) is 8.21. The lowest BCUT2D eigenvalue weighted by molar-refractivity contribution is -0.384. The van der Waals surface area contributed by atoms with Gasteiger partial charge >= 0.3 is 0 Å². The smallest absolute Gasteiger partial charge is 0.288 e. The van der Waals surface area contributed by atoms with E-state index in [9.17, 15) is 20.2 Å². The Morgan fingerprint density at radius 2 is 1.80 bits per heavy atom. The molecule has 0 aliphatic carbocycles. The Bertz CT molecular complexity index is 1210. The van der Waals surface area contributed by atoms with Crippen molar-refractivity contribution in [2.45, 2.75) is 0 Å². The molecular weight excluding hydrogens is 453 g/mol. The molecule has 0 atom stereocenters. The van der Waals surface area contributed by atoms with Gasteiger partial charge in [-0.2, -0.15) is 5.26 Å². The highest BCUT2D eigenvalue weighted by atomic mass is 35.5. The number of furan rings is 1. The van der Waals surface area contributed by atoms with Gasteiger partial charge in [-0.05, 0) is 42.5 Å². The fourth-order valence-corrected chi connectivity index (χ4v) is 3.14. The fraction of sp³-hybridized carbons (Fsp3) is 0. The molecule has 10 heteroatoms. The number of amides is 1. The third-order valence-corrected chi connectivity index (χ3v) is 4.75. The zero-order chi connectivity index (χ0) is 21.8. The van der Waals surface area contributed by atoms with Gasteiger partial charge in [0.05, 0.1) is 9.95 Å². The predicted molar refractivity (Wildman–Crippen MR) is 114 cm³/mol. The number of nitro groups is 1. The molecule has 2 aromatic carbocycles. The van der Waals surface area contributed by atoms with Crippen LogP contribution in [0.25, 0.3) is 17.4 Å². The van der Waals surface area contributed by atoms with Crippen LogP contribution in [-0.2, 0) is 4.79 Å². The van der Waals surface area contributed by atoms with Gasteiger partial charge in [0, 0.05) is 28.4 Å². The topological polar surface area (TPSA) is 109 Å². The molecule has 0 aliphatic rings. The Morgan fingerprint density at radius 1 is 1.10 bits per heavy atom. The number of nitrogens with one attached hydrogen (secondary N) is 1. The van der Waals surface area contributed by atoms with E-state index in [4.69, 9.17) is 39.2 Å². The number of nitrogens with zero attached hydrogens (tertiary/aromatic N) is 2. The number of nitro benzene ring substituents is 1. The van der Waals surface area contributed by atoms with Crippen LogP contribution >= 0.6 is 34.8 Å². The summed E-state index contributed by atoms with van der Waals surface area (Å²) in [6.07, 6.45) is 1.24. The highest BCUT2D eigenvalue weighted by Gasteiger charge is 2.19. The fourth-order valence-electron chi connectivity index (χ4n) is 2.46. The molecule has 1 heterocycles. The number of anilines is 1. The van der Waals surface area contributed by atoms with Gasteiger partial charge in [0.15, 0.2) is 0 Å². The summed E-state index contributed by atoms with van der Waals surface area (Å²) in [6.45, 7) is 0. The molecule has 0 radical (unpaired) electrons. The van der Waals surface area contributed by atoms with E-state index in [-0.39, 0.29) is 38.4 Å². The summed E-state index contributed by atoms with van der Waals surface area (Å²) >= 11 is 17.8. The molecule has 1 aromatic heterocycles. The van der Waals surface area contributed by atoms with Crippen molar-refractivity contribution in [1.29, 1.82) is 5.26 Å². The van der Waals surface area contributed by atoms with Crippen molar-refractivity contribution in [2.24, 2.45) is 0 Å². The lowest BCUT2D eigenvalue weighted by Gasteiger charge is -2.04. The monoisotopic (exact) mass is 461 g/mol. The zero-order valence-electron chi connectivity index (χ0n) is 14.9. The van der Waals surface area contributed by atoms with Gasteiger partial charge in [-0.15, -0.1) is 0 Å². The van der Waals surface area contributed by atoms with Crippen LogP contribution < -0.4 is 5.32 Å². The van der Waals surface area contributed by atoms with Crippen molar-refractivity contribution in [2.75, 3.05) is 5.32 Å². The number of hydrogen-bond acceptors (Lipinski definition) is 5. The van der Waals surface area contributed by atoms with Crippen molar-refractivity contribution in [3.63, 3.8) is 0 Å². The molecule has 0 aliphatic heterocycles. The highest BCUT2D eigenvalue weighted by Crippen LogP contribution is 2.37. The van der Waals surface area contributed by atoms with Crippen LogP contribution in [0.3, 0.4) is 0 Å².